The lowest BCUT2D eigenvalue weighted by atomic mass is 10.2. The number of carbonyl (C=O) groups is 1. The Labute approximate surface area is 122 Å². The number of nitrogens with one attached hydrogen (secondary N) is 1. The molecule has 4 nitrogen and oxygen atoms in total. The van der Waals surface area contributed by atoms with E-state index in [4.69, 9.17) is 9.47 Å². The largest absolute Gasteiger partial charge is 0.497 e. The van der Waals surface area contributed by atoms with E-state index in [1.54, 1.807) is 50.4 Å². The van der Waals surface area contributed by atoms with Crippen molar-refractivity contribution in [3.8, 4) is 11.5 Å². The van der Waals surface area contributed by atoms with Gasteiger partial charge in [0.15, 0.2) is 6.10 Å². The third-order valence-electron chi connectivity index (χ3n) is 2.87. The monoisotopic (exact) mass is 289 g/mol. The van der Waals surface area contributed by atoms with Crippen LogP contribution in [0.5, 0.6) is 11.5 Å². The van der Waals surface area contributed by atoms with Crippen molar-refractivity contribution in [1.29, 1.82) is 0 Å². The second-order valence-electron chi connectivity index (χ2n) is 4.40. The van der Waals surface area contributed by atoms with Gasteiger partial charge in [-0.1, -0.05) is 12.1 Å². The minimum Gasteiger partial charge on any atom is -0.497 e. The third kappa shape index (κ3) is 3.95. The summed E-state index contributed by atoms with van der Waals surface area (Å²) in [5.74, 6) is 0.330. The van der Waals surface area contributed by atoms with E-state index in [-0.39, 0.29) is 5.69 Å². The first-order chi connectivity index (χ1) is 10.1. The highest BCUT2D eigenvalue weighted by Gasteiger charge is 2.16. The van der Waals surface area contributed by atoms with Gasteiger partial charge in [-0.05, 0) is 43.3 Å². The van der Waals surface area contributed by atoms with Crippen molar-refractivity contribution < 1.29 is 18.7 Å². The summed E-state index contributed by atoms with van der Waals surface area (Å²) >= 11 is 0. The van der Waals surface area contributed by atoms with Gasteiger partial charge in [0.05, 0.1) is 12.8 Å². The molecule has 1 amide bonds. The first kappa shape index (κ1) is 14.8. The van der Waals surface area contributed by atoms with E-state index in [1.165, 1.54) is 12.1 Å². The molecule has 0 saturated heterocycles. The number of anilines is 1. The first-order valence-corrected chi connectivity index (χ1v) is 6.46. The molecule has 0 radical (unpaired) electrons. The molecule has 0 bridgehead atoms. The van der Waals surface area contributed by atoms with Crippen molar-refractivity contribution in [2.24, 2.45) is 0 Å². The van der Waals surface area contributed by atoms with Crippen molar-refractivity contribution in [3.63, 3.8) is 0 Å². The average Bonchev–Trinajstić information content (AvgIpc) is 2.50. The molecule has 2 aromatic rings. The number of amides is 1. The van der Waals surface area contributed by atoms with Gasteiger partial charge in [-0.3, -0.25) is 4.79 Å². The van der Waals surface area contributed by atoms with Crippen LogP contribution in [-0.4, -0.2) is 19.1 Å². The van der Waals surface area contributed by atoms with Gasteiger partial charge in [-0.25, -0.2) is 4.39 Å². The molecule has 21 heavy (non-hydrogen) atoms. The van der Waals surface area contributed by atoms with Gasteiger partial charge in [-0.2, -0.15) is 0 Å². The summed E-state index contributed by atoms with van der Waals surface area (Å²) in [6.07, 6.45) is -0.752. The number of carbonyl (C=O) groups excluding carboxylic acids is 1. The van der Waals surface area contributed by atoms with Crippen LogP contribution < -0.4 is 14.8 Å². The topological polar surface area (TPSA) is 47.6 Å². The number of hydrogen-bond donors (Lipinski definition) is 1. The lowest BCUT2D eigenvalue weighted by Crippen LogP contribution is -2.30. The van der Waals surface area contributed by atoms with Crippen LogP contribution in [-0.2, 0) is 4.79 Å². The van der Waals surface area contributed by atoms with Gasteiger partial charge in [0, 0.05) is 0 Å². The van der Waals surface area contributed by atoms with Crippen molar-refractivity contribution in [2.75, 3.05) is 12.4 Å². The summed E-state index contributed by atoms with van der Waals surface area (Å²) in [6.45, 7) is 1.60. The Morgan fingerprint density at radius 3 is 2.33 bits per heavy atom. The molecule has 0 aromatic heterocycles. The van der Waals surface area contributed by atoms with Crippen molar-refractivity contribution >= 4 is 11.6 Å². The second kappa shape index (κ2) is 6.74. The molecule has 2 aromatic carbocycles. The smallest absolute Gasteiger partial charge is 0.265 e. The van der Waals surface area contributed by atoms with E-state index < -0.39 is 17.8 Å². The number of hydrogen-bond acceptors (Lipinski definition) is 3. The molecule has 0 aliphatic rings. The van der Waals surface area contributed by atoms with Crippen molar-refractivity contribution in [1.82, 2.24) is 0 Å². The average molecular weight is 289 g/mol. The minimum atomic E-state index is -0.752. The first-order valence-electron chi connectivity index (χ1n) is 6.46. The molecule has 0 saturated carbocycles. The summed E-state index contributed by atoms with van der Waals surface area (Å²) in [5, 5.41) is 2.49. The van der Waals surface area contributed by atoms with Gasteiger partial charge in [0.2, 0.25) is 0 Å². The highest BCUT2D eigenvalue weighted by atomic mass is 19.1. The van der Waals surface area contributed by atoms with Gasteiger partial charge < -0.3 is 14.8 Å². The molecule has 2 rings (SSSR count). The number of para-hydroxylation sites is 1. The molecule has 0 aliphatic carbocycles. The summed E-state index contributed by atoms with van der Waals surface area (Å²) in [4.78, 5) is 12.0. The molecule has 0 heterocycles. The van der Waals surface area contributed by atoms with Crippen molar-refractivity contribution in [2.45, 2.75) is 13.0 Å². The molecule has 0 unspecified atom stereocenters. The van der Waals surface area contributed by atoms with Crippen LogP contribution >= 0.6 is 0 Å². The highest BCUT2D eigenvalue weighted by molar-refractivity contribution is 5.94. The van der Waals surface area contributed by atoms with Crippen LogP contribution in [0.2, 0.25) is 0 Å². The SMILES string of the molecule is COc1ccc(O[C@@H](C)C(=O)Nc2ccccc2F)cc1. The zero-order valence-electron chi connectivity index (χ0n) is 11.8. The van der Waals surface area contributed by atoms with Gasteiger partial charge in [0.1, 0.15) is 17.3 Å². The zero-order valence-corrected chi connectivity index (χ0v) is 11.8. The lowest BCUT2D eigenvalue weighted by Gasteiger charge is -2.15. The third-order valence-corrected chi connectivity index (χ3v) is 2.87. The molecule has 5 heteroatoms. The highest BCUT2D eigenvalue weighted by Crippen LogP contribution is 2.19. The fourth-order valence-electron chi connectivity index (χ4n) is 1.71. The molecule has 1 atom stereocenters. The van der Waals surface area contributed by atoms with Crippen molar-refractivity contribution in [3.05, 3.63) is 54.3 Å². The number of ether oxygens (including phenoxy) is 2. The second-order valence-corrected chi connectivity index (χ2v) is 4.40. The van der Waals surface area contributed by atoms with Gasteiger partial charge >= 0.3 is 0 Å². The van der Waals surface area contributed by atoms with Gasteiger partial charge in [0.25, 0.3) is 5.91 Å². The molecule has 0 aliphatic heterocycles. The van der Waals surface area contributed by atoms with Crippen LogP contribution in [0.3, 0.4) is 0 Å². The Morgan fingerprint density at radius 2 is 1.71 bits per heavy atom. The number of halogens is 1. The standard InChI is InChI=1S/C16H16FNO3/c1-11(21-13-9-7-12(20-2)8-10-13)16(19)18-15-6-4-3-5-14(15)17/h3-11H,1-2H3,(H,18,19)/t11-/m0/s1. The Hall–Kier alpha value is -2.56. The molecular weight excluding hydrogens is 273 g/mol. The maximum Gasteiger partial charge on any atom is 0.265 e. The Kier molecular flexibility index (Phi) is 4.77. The van der Waals surface area contributed by atoms with Crippen LogP contribution in [0, 0.1) is 5.82 Å². The minimum absolute atomic E-state index is 0.132. The quantitative estimate of drug-likeness (QED) is 0.919. The predicted molar refractivity (Wildman–Crippen MR) is 78.1 cm³/mol. The molecule has 0 fully saturated rings. The lowest BCUT2D eigenvalue weighted by molar-refractivity contribution is -0.122. The van der Waals surface area contributed by atoms with Crippen LogP contribution in [0.1, 0.15) is 6.92 Å². The van der Waals surface area contributed by atoms with E-state index in [9.17, 15) is 9.18 Å². The summed E-state index contributed by atoms with van der Waals surface area (Å²) in [5.41, 5.74) is 0.132. The van der Waals surface area contributed by atoms with Gasteiger partial charge in [-0.15, -0.1) is 0 Å². The summed E-state index contributed by atoms with van der Waals surface area (Å²) in [7, 11) is 1.57. The Balaban J connectivity index is 1.97. The van der Waals surface area contributed by atoms with Crippen LogP contribution in [0.15, 0.2) is 48.5 Å². The van der Waals surface area contributed by atoms with E-state index in [0.29, 0.717) is 11.5 Å². The van der Waals surface area contributed by atoms with E-state index >= 15 is 0 Å². The van der Waals surface area contributed by atoms with E-state index in [1.807, 2.05) is 0 Å². The molecule has 0 spiro atoms. The maximum absolute atomic E-state index is 13.5. The fraction of sp³-hybridized carbons (Fsp3) is 0.188. The maximum atomic E-state index is 13.5. The predicted octanol–water partition coefficient (Wildman–Crippen LogP) is 3.24. The zero-order chi connectivity index (χ0) is 15.2. The summed E-state index contributed by atoms with van der Waals surface area (Å²) in [6, 6.07) is 12.8. The normalized spacial score (nSPS) is 11.6. The fourth-order valence-corrected chi connectivity index (χ4v) is 1.71. The van der Waals surface area contributed by atoms with Crippen LogP contribution in [0.25, 0.3) is 0 Å². The number of methoxy groups -OCH3 is 1. The Bertz CT molecular complexity index is 613. The molecular formula is C16H16FNO3. The number of rotatable bonds is 5. The van der Waals surface area contributed by atoms with E-state index in [0.717, 1.165) is 0 Å². The molecule has 110 valence electrons. The Morgan fingerprint density at radius 1 is 1.10 bits per heavy atom. The molecule has 1 N–H and O–H groups in total. The number of benzene rings is 2. The van der Waals surface area contributed by atoms with Crippen LogP contribution in [0.4, 0.5) is 10.1 Å². The van der Waals surface area contributed by atoms with E-state index in [2.05, 4.69) is 5.32 Å². The summed E-state index contributed by atoms with van der Waals surface area (Å²) < 4.78 is 24.0.